The van der Waals surface area contributed by atoms with Crippen LogP contribution in [0.5, 0.6) is 0 Å². The summed E-state index contributed by atoms with van der Waals surface area (Å²) in [6, 6.07) is 8.10. The number of nitrogens with one attached hydrogen (secondary N) is 1. The number of benzene rings is 1. The Kier molecular flexibility index (Phi) is 5.77. The number of carbonyl (C=O) groups excluding carboxylic acids is 1. The summed E-state index contributed by atoms with van der Waals surface area (Å²) >= 11 is 0. The van der Waals surface area contributed by atoms with Crippen molar-refractivity contribution in [2.75, 3.05) is 39.8 Å². The van der Waals surface area contributed by atoms with E-state index in [0.717, 1.165) is 57.7 Å². The summed E-state index contributed by atoms with van der Waals surface area (Å²) in [6.07, 6.45) is 1.97. The van der Waals surface area contributed by atoms with Crippen LogP contribution >= 0.6 is 0 Å². The first kappa shape index (κ1) is 18.4. The number of piperazine rings is 1. The molecule has 0 radical (unpaired) electrons. The molecular formula is C20H31N3O2. The first-order valence-corrected chi connectivity index (χ1v) is 9.39. The van der Waals surface area contributed by atoms with Gasteiger partial charge >= 0.3 is 0 Å². The highest BCUT2D eigenvalue weighted by molar-refractivity contribution is 5.94. The lowest BCUT2D eigenvalue weighted by Crippen LogP contribution is -2.53. The van der Waals surface area contributed by atoms with Gasteiger partial charge < -0.3 is 15.0 Å². The molecule has 2 heterocycles. The highest BCUT2D eigenvalue weighted by Gasteiger charge is 2.34. The van der Waals surface area contributed by atoms with Gasteiger partial charge in [-0.2, -0.15) is 0 Å². The Balaban J connectivity index is 1.61. The molecule has 1 atom stereocenters. The van der Waals surface area contributed by atoms with E-state index in [1.54, 1.807) is 0 Å². The molecule has 0 aliphatic carbocycles. The number of carbonyl (C=O) groups is 1. The maximum atomic E-state index is 12.7. The third-order valence-corrected chi connectivity index (χ3v) is 5.45. The number of rotatable bonds is 4. The van der Waals surface area contributed by atoms with Crippen LogP contribution in [0.2, 0.25) is 0 Å². The van der Waals surface area contributed by atoms with Gasteiger partial charge in [0.25, 0.3) is 5.91 Å². The van der Waals surface area contributed by atoms with Crippen LogP contribution in [0.4, 0.5) is 0 Å². The van der Waals surface area contributed by atoms with Gasteiger partial charge in [0.2, 0.25) is 0 Å². The minimum Gasteiger partial charge on any atom is -0.373 e. The third-order valence-electron chi connectivity index (χ3n) is 5.45. The first-order chi connectivity index (χ1) is 11.9. The van der Waals surface area contributed by atoms with Gasteiger partial charge in [-0.25, -0.2) is 0 Å². The number of amides is 1. The maximum absolute atomic E-state index is 12.7. The lowest BCUT2D eigenvalue weighted by Gasteiger charge is -2.39. The fraction of sp³-hybridized carbons (Fsp3) is 0.650. The van der Waals surface area contributed by atoms with E-state index in [2.05, 4.69) is 42.1 Å². The minimum atomic E-state index is -0.300. The van der Waals surface area contributed by atoms with Gasteiger partial charge in [-0.3, -0.25) is 9.69 Å². The van der Waals surface area contributed by atoms with Gasteiger partial charge in [-0.05, 0) is 51.4 Å². The van der Waals surface area contributed by atoms with Crippen LogP contribution in [-0.4, -0.2) is 67.2 Å². The van der Waals surface area contributed by atoms with E-state index >= 15 is 0 Å². The molecule has 138 valence electrons. The van der Waals surface area contributed by atoms with Crippen molar-refractivity contribution in [3.8, 4) is 0 Å². The van der Waals surface area contributed by atoms with E-state index in [-0.39, 0.29) is 17.6 Å². The zero-order chi connectivity index (χ0) is 17.9. The fourth-order valence-electron chi connectivity index (χ4n) is 3.63. The van der Waals surface area contributed by atoms with Crippen molar-refractivity contribution in [1.29, 1.82) is 0 Å². The molecular weight excluding hydrogens is 314 g/mol. The highest BCUT2D eigenvalue weighted by Crippen LogP contribution is 2.24. The molecule has 0 bridgehead atoms. The van der Waals surface area contributed by atoms with Crippen molar-refractivity contribution >= 4 is 5.91 Å². The molecule has 3 rings (SSSR count). The second-order valence-corrected chi connectivity index (χ2v) is 7.90. The molecule has 2 saturated heterocycles. The standard InChI is InChI=1S/C20H31N3O2/c1-20(2)18(8-5-13-25-20)21-19(24)17-7-4-6-16(14-17)15-23-11-9-22(3)10-12-23/h4,6-7,14,18H,5,8-13,15H2,1-3H3,(H,21,24). The molecule has 1 aromatic rings. The van der Waals surface area contributed by atoms with Crippen LogP contribution in [-0.2, 0) is 11.3 Å². The van der Waals surface area contributed by atoms with Gasteiger partial charge in [0.15, 0.2) is 0 Å². The van der Waals surface area contributed by atoms with Crippen molar-refractivity contribution < 1.29 is 9.53 Å². The highest BCUT2D eigenvalue weighted by atomic mass is 16.5. The summed E-state index contributed by atoms with van der Waals surface area (Å²) in [6.45, 7) is 10.2. The summed E-state index contributed by atoms with van der Waals surface area (Å²) in [5.74, 6) is 0.00352. The van der Waals surface area contributed by atoms with Gasteiger partial charge in [-0.15, -0.1) is 0 Å². The van der Waals surface area contributed by atoms with Crippen LogP contribution in [0, 0.1) is 0 Å². The van der Waals surface area contributed by atoms with Gasteiger partial charge in [-0.1, -0.05) is 12.1 Å². The number of nitrogens with zero attached hydrogens (tertiary/aromatic N) is 2. The van der Waals surface area contributed by atoms with E-state index in [0.29, 0.717) is 0 Å². The number of hydrogen-bond acceptors (Lipinski definition) is 4. The lowest BCUT2D eigenvalue weighted by molar-refractivity contribution is -0.0727. The first-order valence-electron chi connectivity index (χ1n) is 9.39. The monoisotopic (exact) mass is 345 g/mol. The smallest absolute Gasteiger partial charge is 0.251 e. The van der Waals surface area contributed by atoms with E-state index in [1.807, 2.05) is 18.2 Å². The van der Waals surface area contributed by atoms with Crippen LogP contribution in [0.15, 0.2) is 24.3 Å². The topological polar surface area (TPSA) is 44.8 Å². The Morgan fingerprint density at radius 3 is 2.76 bits per heavy atom. The molecule has 2 aliphatic rings. The van der Waals surface area contributed by atoms with Gasteiger partial charge in [0.05, 0.1) is 11.6 Å². The summed E-state index contributed by atoms with van der Waals surface area (Å²) in [5.41, 5.74) is 1.65. The Morgan fingerprint density at radius 1 is 1.28 bits per heavy atom. The van der Waals surface area contributed by atoms with Crippen molar-refractivity contribution in [1.82, 2.24) is 15.1 Å². The Hall–Kier alpha value is -1.43. The average molecular weight is 345 g/mol. The predicted octanol–water partition coefficient (Wildman–Crippen LogP) is 2.12. The zero-order valence-electron chi connectivity index (χ0n) is 15.8. The largest absolute Gasteiger partial charge is 0.373 e. The summed E-state index contributed by atoms with van der Waals surface area (Å²) in [4.78, 5) is 17.5. The van der Waals surface area contributed by atoms with Crippen LogP contribution in [0.25, 0.3) is 0 Å². The molecule has 2 fully saturated rings. The Bertz CT molecular complexity index is 594. The van der Waals surface area contributed by atoms with Crippen LogP contribution in [0.1, 0.15) is 42.6 Å². The molecule has 1 amide bonds. The van der Waals surface area contributed by atoms with Gasteiger partial charge in [0, 0.05) is 44.9 Å². The molecule has 25 heavy (non-hydrogen) atoms. The second kappa shape index (κ2) is 7.85. The van der Waals surface area contributed by atoms with Crippen molar-refractivity contribution in [3.05, 3.63) is 35.4 Å². The van der Waals surface area contributed by atoms with Crippen molar-refractivity contribution in [3.63, 3.8) is 0 Å². The average Bonchev–Trinajstić information content (AvgIpc) is 2.59. The van der Waals surface area contributed by atoms with Crippen molar-refractivity contribution in [2.24, 2.45) is 0 Å². The lowest BCUT2D eigenvalue weighted by atomic mass is 9.91. The molecule has 0 aromatic heterocycles. The van der Waals surface area contributed by atoms with E-state index < -0.39 is 0 Å². The normalized spacial score (nSPS) is 24.8. The Labute approximate surface area is 151 Å². The quantitative estimate of drug-likeness (QED) is 0.908. The summed E-state index contributed by atoms with van der Waals surface area (Å²) in [7, 11) is 2.17. The molecule has 5 heteroatoms. The maximum Gasteiger partial charge on any atom is 0.251 e. The third kappa shape index (κ3) is 4.81. The van der Waals surface area contributed by atoms with Crippen LogP contribution < -0.4 is 5.32 Å². The zero-order valence-corrected chi connectivity index (χ0v) is 15.8. The molecule has 0 spiro atoms. The molecule has 1 aromatic carbocycles. The summed E-state index contributed by atoms with van der Waals surface area (Å²) < 4.78 is 5.82. The molecule has 1 N–H and O–H groups in total. The fourth-order valence-corrected chi connectivity index (χ4v) is 3.63. The van der Waals surface area contributed by atoms with E-state index in [4.69, 9.17) is 4.74 Å². The van der Waals surface area contributed by atoms with Crippen LogP contribution in [0.3, 0.4) is 0 Å². The molecule has 5 nitrogen and oxygen atoms in total. The minimum absolute atomic E-state index is 0.00352. The molecule has 2 aliphatic heterocycles. The number of likely N-dealkylation sites (N-methyl/N-ethyl adjacent to an activating group) is 1. The van der Waals surface area contributed by atoms with Gasteiger partial charge in [0.1, 0.15) is 0 Å². The molecule has 1 unspecified atom stereocenters. The number of hydrogen-bond donors (Lipinski definition) is 1. The Morgan fingerprint density at radius 2 is 2.04 bits per heavy atom. The van der Waals surface area contributed by atoms with E-state index in [9.17, 15) is 4.79 Å². The predicted molar refractivity (Wildman–Crippen MR) is 99.7 cm³/mol. The molecule has 0 saturated carbocycles. The number of ether oxygens (including phenoxy) is 1. The second-order valence-electron chi connectivity index (χ2n) is 7.90. The SMILES string of the molecule is CN1CCN(Cc2cccc(C(=O)NC3CCCOC3(C)C)c2)CC1. The van der Waals surface area contributed by atoms with Crippen molar-refractivity contribution in [2.45, 2.75) is 44.9 Å². The van der Waals surface area contributed by atoms with E-state index in [1.165, 1.54) is 5.56 Å². The summed E-state index contributed by atoms with van der Waals surface area (Å²) in [5, 5.41) is 3.18.